The molecular weight excluding hydrogens is 531 g/mol. The summed E-state index contributed by atoms with van der Waals surface area (Å²) < 4.78 is 11.3. The molecule has 33 heavy (non-hydrogen) atoms. The van der Waals surface area contributed by atoms with Crippen LogP contribution in [0.4, 0.5) is 5.69 Å². The minimum absolute atomic E-state index is 0.162. The zero-order valence-corrected chi connectivity index (χ0v) is 20.2. The highest BCUT2D eigenvalue weighted by Crippen LogP contribution is 2.31. The second kappa shape index (κ2) is 11.0. The molecule has 0 bridgehead atoms. The third-order valence-electron chi connectivity index (χ3n) is 4.37. The van der Waals surface area contributed by atoms with E-state index >= 15 is 0 Å². The molecule has 0 aromatic heterocycles. The average Bonchev–Trinajstić information content (AvgIpc) is 2.81. The van der Waals surface area contributed by atoms with Crippen LogP contribution in [0.15, 0.2) is 70.7 Å². The van der Waals surface area contributed by atoms with Crippen molar-refractivity contribution in [3.63, 3.8) is 0 Å². The van der Waals surface area contributed by atoms with E-state index < -0.39 is 11.9 Å². The van der Waals surface area contributed by atoms with Gasteiger partial charge in [0.05, 0.1) is 28.4 Å². The molecule has 0 heterocycles. The van der Waals surface area contributed by atoms with Crippen LogP contribution in [0.1, 0.15) is 15.9 Å². The minimum atomic E-state index is -0.722. The van der Waals surface area contributed by atoms with E-state index in [-0.39, 0.29) is 27.1 Å². The number of rotatable bonds is 6. The highest BCUT2D eigenvalue weighted by molar-refractivity contribution is 9.10. The third-order valence-corrected chi connectivity index (χ3v) is 5.49. The van der Waals surface area contributed by atoms with Crippen molar-refractivity contribution in [3.8, 4) is 17.6 Å². The lowest BCUT2D eigenvalue weighted by Gasteiger charge is -2.10. The van der Waals surface area contributed by atoms with Gasteiger partial charge in [-0.15, -0.1) is 0 Å². The molecule has 0 aliphatic rings. The number of carbonyl (C=O) groups is 2. The van der Waals surface area contributed by atoms with Crippen molar-refractivity contribution >= 4 is 62.8 Å². The molecule has 0 unspecified atom stereocenters. The van der Waals surface area contributed by atoms with Crippen molar-refractivity contribution in [1.82, 2.24) is 0 Å². The molecule has 6 nitrogen and oxygen atoms in total. The Balaban J connectivity index is 1.89. The summed E-state index contributed by atoms with van der Waals surface area (Å²) in [6, 6.07) is 17.8. The number of nitrogens with zero attached hydrogens (tertiary/aromatic N) is 1. The van der Waals surface area contributed by atoms with Gasteiger partial charge < -0.3 is 14.8 Å². The van der Waals surface area contributed by atoms with E-state index in [0.717, 1.165) is 0 Å². The molecular formula is C24H15BrCl2N2O4. The Morgan fingerprint density at radius 3 is 2.33 bits per heavy atom. The van der Waals surface area contributed by atoms with Crippen LogP contribution in [0, 0.1) is 11.3 Å². The van der Waals surface area contributed by atoms with Crippen LogP contribution in [-0.2, 0) is 4.79 Å². The van der Waals surface area contributed by atoms with Gasteiger partial charge in [-0.2, -0.15) is 5.26 Å². The van der Waals surface area contributed by atoms with Gasteiger partial charge in [0.25, 0.3) is 5.91 Å². The first kappa shape index (κ1) is 24.3. The number of nitrogens with one attached hydrogen (secondary N) is 1. The molecule has 3 aromatic rings. The molecule has 0 aliphatic heterocycles. The van der Waals surface area contributed by atoms with Gasteiger partial charge in [-0.25, -0.2) is 4.79 Å². The quantitative estimate of drug-likeness (QED) is 0.165. The SMILES string of the molecule is COc1ccc(C(=O)Oc2ccc(Br)cc2/C=C(\C#N)C(=O)Nc2c(Cl)cccc2Cl)cc1. The Morgan fingerprint density at radius 1 is 1.06 bits per heavy atom. The van der Waals surface area contributed by atoms with E-state index in [4.69, 9.17) is 32.7 Å². The molecule has 166 valence electrons. The summed E-state index contributed by atoms with van der Waals surface area (Å²) in [6.45, 7) is 0. The normalized spacial score (nSPS) is 10.8. The van der Waals surface area contributed by atoms with E-state index in [1.807, 2.05) is 6.07 Å². The van der Waals surface area contributed by atoms with Crippen molar-refractivity contribution in [2.24, 2.45) is 0 Å². The lowest BCUT2D eigenvalue weighted by Crippen LogP contribution is -2.14. The summed E-state index contributed by atoms with van der Waals surface area (Å²) in [5.41, 5.74) is 0.585. The van der Waals surface area contributed by atoms with Crippen LogP contribution in [0.2, 0.25) is 10.0 Å². The number of hydrogen-bond donors (Lipinski definition) is 1. The smallest absolute Gasteiger partial charge is 0.343 e. The van der Waals surface area contributed by atoms with Gasteiger partial charge in [-0.1, -0.05) is 45.2 Å². The Morgan fingerprint density at radius 2 is 1.73 bits per heavy atom. The molecule has 1 amide bonds. The molecule has 0 saturated heterocycles. The maximum atomic E-state index is 12.7. The maximum absolute atomic E-state index is 12.7. The fraction of sp³-hybridized carbons (Fsp3) is 0.0417. The fourth-order valence-electron chi connectivity index (χ4n) is 2.71. The number of halogens is 3. The van der Waals surface area contributed by atoms with Crippen molar-refractivity contribution in [1.29, 1.82) is 5.26 Å². The first-order chi connectivity index (χ1) is 15.8. The summed E-state index contributed by atoms with van der Waals surface area (Å²) in [6.07, 6.45) is 1.31. The van der Waals surface area contributed by atoms with Crippen LogP contribution in [0.25, 0.3) is 6.08 Å². The Hall–Kier alpha value is -3.31. The topological polar surface area (TPSA) is 88.4 Å². The number of carbonyl (C=O) groups excluding carboxylic acids is 2. The second-order valence-electron chi connectivity index (χ2n) is 6.52. The van der Waals surface area contributed by atoms with E-state index in [9.17, 15) is 14.9 Å². The Kier molecular flexibility index (Phi) is 8.12. The number of hydrogen-bond acceptors (Lipinski definition) is 5. The zero-order valence-electron chi connectivity index (χ0n) is 17.1. The molecule has 0 atom stereocenters. The minimum Gasteiger partial charge on any atom is -0.497 e. The maximum Gasteiger partial charge on any atom is 0.343 e. The number of nitriles is 1. The monoisotopic (exact) mass is 544 g/mol. The second-order valence-corrected chi connectivity index (χ2v) is 8.25. The van der Waals surface area contributed by atoms with Crippen LogP contribution in [-0.4, -0.2) is 19.0 Å². The number of benzene rings is 3. The first-order valence-corrected chi connectivity index (χ1v) is 10.9. The number of esters is 1. The van der Waals surface area contributed by atoms with Crippen LogP contribution in [0.3, 0.4) is 0 Å². The van der Waals surface area contributed by atoms with E-state index in [2.05, 4.69) is 21.2 Å². The summed E-state index contributed by atoms with van der Waals surface area (Å²) in [5.74, 6) is -0.571. The number of anilines is 1. The molecule has 0 fully saturated rings. The van der Waals surface area contributed by atoms with Gasteiger partial charge in [-0.05, 0) is 60.7 Å². The molecule has 0 spiro atoms. The number of methoxy groups -OCH3 is 1. The lowest BCUT2D eigenvalue weighted by atomic mass is 10.1. The highest BCUT2D eigenvalue weighted by Gasteiger charge is 2.17. The van der Waals surface area contributed by atoms with Gasteiger partial charge in [0, 0.05) is 10.0 Å². The van der Waals surface area contributed by atoms with Gasteiger partial charge >= 0.3 is 5.97 Å². The largest absolute Gasteiger partial charge is 0.497 e. The molecule has 3 aromatic carbocycles. The van der Waals surface area contributed by atoms with Gasteiger partial charge in [0.2, 0.25) is 0 Å². The van der Waals surface area contributed by atoms with E-state index in [1.165, 1.54) is 13.2 Å². The van der Waals surface area contributed by atoms with Gasteiger partial charge in [-0.3, -0.25) is 4.79 Å². The average molecular weight is 546 g/mol. The molecule has 0 saturated carbocycles. The summed E-state index contributed by atoms with van der Waals surface area (Å²) in [4.78, 5) is 25.3. The molecule has 1 N–H and O–H groups in total. The van der Waals surface area contributed by atoms with Crippen LogP contribution >= 0.6 is 39.1 Å². The van der Waals surface area contributed by atoms with Crippen LogP contribution < -0.4 is 14.8 Å². The predicted octanol–water partition coefficient (Wildman–Crippen LogP) is 6.53. The molecule has 3 rings (SSSR count). The van der Waals surface area contributed by atoms with Crippen molar-refractivity contribution in [2.75, 3.05) is 12.4 Å². The zero-order chi connectivity index (χ0) is 24.0. The lowest BCUT2D eigenvalue weighted by molar-refractivity contribution is -0.112. The molecule has 9 heteroatoms. The van der Waals surface area contributed by atoms with Gasteiger partial charge in [0.15, 0.2) is 0 Å². The Labute approximate surface area is 208 Å². The third kappa shape index (κ3) is 6.14. The standard InChI is InChI=1S/C24H15BrCl2N2O4/c1-32-18-8-5-14(6-9-18)24(31)33-21-10-7-17(25)12-15(21)11-16(13-28)23(30)29-22-19(26)3-2-4-20(22)27/h2-12H,1H3,(H,29,30)/b16-11+. The van der Waals surface area contributed by atoms with Crippen molar-refractivity contribution in [3.05, 3.63) is 91.9 Å². The number of amides is 1. The summed E-state index contributed by atoms with van der Waals surface area (Å²) in [5, 5.41) is 12.6. The first-order valence-electron chi connectivity index (χ1n) is 9.35. The summed E-state index contributed by atoms with van der Waals surface area (Å²) in [7, 11) is 1.52. The fourth-order valence-corrected chi connectivity index (χ4v) is 3.58. The highest BCUT2D eigenvalue weighted by atomic mass is 79.9. The van der Waals surface area contributed by atoms with Crippen LogP contribution in [0.5, 0.6) is 11.5 Å². The molecule has 0 aliphatic carbocycles. The van der Waals surface area contributed by atoms with E-state index in [1.54, 1.807) is 60.7 Å². The molecule has 0 radical (unpaired) electrons. The number of para-hydroxylation sites is 1. The van der Waals surface area contributed by atoms with Crippen molar-refractivity contribution in [2.45, 2.75) is 0 Å². The van der Waals surface area contributed by atoms with E-state index in [0.29, 0.717) is 21.3 Å². The predicted molar refractivity (Wildman–Crippen MR) is 131 cm³/mol. The van der Waals surface area contributed by atoms with Gasteiger partial charge in [0.1, 0.15) is 23.1 Å². The Bertz CT molecular complexity index is 1260. The number of ether oxygens (including phenoxy) is 2. The summed E-state index contributed by atoms with van der Waals surface area (Å²) >= 11 is 15.5. The van der Waals surface area contributed by atoms with Crippen molar-refractivity contribution < 1.29 is 19.1 Å².